The van der Waals surface area contributed by atoms with Crippen LogP contribution in [0.1, 0.15) is 71.6 Å². The molecule has 0 radical (unpaired) electrons. The van der Waals surface area contributed by atoms with Crippen LogP contribution in [-0.2, 0) is 4.79 Å². The summed E-state index contributed by atoms with van der Waals surface area (Å²) in [5, 5.41) is 10.7. The van der Waals surface area contributed by atoms with E-state index in [1.54, 1.807) is 0 Å². The van der Waals surface area contributed by atoms with Gasteiger partial charge < -0.3 is 5.11 Å². The lowest BCUT2D eigenvalue weighted by atomic mass is 9.44. The van der Waals surface area contributed by atoms with Gasteiger partial charge in [0.1, 0.15) is 5.78 Å². The second-order valence-corrected chi connectivity index (χ2v) is 10.4. The molecule has 4 aliphatic rings. The first-order chi connectivity index (χ1) is 11.4. The third kappa shape index (κ3) is 2.40. The van der Waals surface area contributed by atoms with E-state index in [1.807, 2.05) is 0 Å². The van der Waals surface area contributed by atoms with Crippen LogP contribution >= 0.6 is 15.9 Å². The van der Waals surface area contributed by atoms with Gasteiger partial charge in [-0.3, -0.25) is 4.79 Å². The van der Waals surface area contributed by atoms with Gasteiger partial charge in [-0.2, -0.15) is 0 Å². The lowest BCUT2D eigenvalue weighted by Gasteiger charge is -2.60. The number of hydrogen-bond donors (Lipinski definition) is 1. The van der Waals surface area contributed by atoms with E-state index < -0.39 is 0 Å². The van der Waals surface area contributed by atoms with Crippen molar-refractivity contribution >= 4 is 21.7 Å². The zero-order valence-corrected chi connectivity index (χ0v) is 16.9. The number of hydrogen-bond acceptors (Lipinski definition) is 2. The van der Waals surface area contributed by atoms with E-state index in [9.17, 15) is 9.90 Å². The van der Waals surface area contributed by atoms with Crippen LogP contribution in [0.4, 0.5) is 0 Å². The summed E-state index contributed by atoms with van der Waals surface area (Å²) in [6.07, 6.45) is 10.8. The maximum atomic E-state index is 12.5. The second kappa shape index (κ2) is 6.08. The van der Waals surface area contributed by atoms with Gasteiger partial charge >= 0.3 is 0 Å². The number of ketones is 1. The Morgan fingerprint density at radius 1 is 1.00 bits per heavy atom. The first-order valence-corrected chi connectivity index (χ1v) is 11.3. The third-order valence-electron chi connectivity index (χ3n) is 9.16. The van der Waals surface area contributed by atoms with Crippen LogP contribution in [0.3, 0.4) is 0 Å². The highest BCUT2D eigenvalue weighted by atomic mass is 79.9. The first-order valence-electron chi connectivity index (χ1n) is 10.2. The molecule has 0 aromatic heterocycles. The zero-order chi connectivity index (χ0) is 17.1. The molecule has 2 nitrogen and oxygen atoms in total. The minimum absolute atomic E-state index is 0.0547. The largest absolute Gasteiger partial charge is 0.393 e. The normalized spacial score (nSPS) is 53.8. The molecule has 0 aromatic carbocycles. The van der Waals surface area contributed by atoms with Crippen LogP contribution in [-0.4, -0.2) is 22.3 Å². The molecular formula is C21H33BrO2. The molecule has 0 amide bonds. The molecule has 4 rings (SSSR count). The number of rotatable bonds is 2. The number of alkyl halides is 1. The Morgan fingerprint density at radius 2 is 1.71 bits per heavy atom. The highest BCUT2D eigenvalue weighted by Crippen LogP contribution is 2.67. The first kappa shape index (κ1) is 17.5. The van der Waals surface area contributed by atoms with Crippen LogP contribution in [0.2, 0.25) is 0 Å². The van der Waals surface area contributed by atoms with Gasteiger partial charge in [0.2, 0.25) is 0 Å². The molecule has 0 unspecified atom stereocenters. The van der Waals surface area contributed by atoms with Crippen molar-refractivity contribution in [2.24, 2.45) is 40.4 Å². The smallest absolute Gasteiger partial charge is 0.147 e. The molecule has 0 heterocycles. The quantitative estimate of drug-likeness (QED) is 0.668. The molecule has 1 N–H and O–H groups in total. The van der Waals surface area contributed by atoms with Crippen LogP contribution in [0.5, 0.6) is 0 Å². The molecular weight excluding hydrogens is 364 g/mol. The van der Waals surface area contributed by atoms with Crippen molar-refractivity contribution in [1.82, 2.24) is 0 Å². The number of Topliss-reactive ketones (excluding diaryl/α,β-unsaturated/α-hetero) is 1. The Morgan fingerprint density at radius 3 is 2.46 bits per heavy atom. The van der Waals surface area contributed by atoms with Gasteiger partial charge in [0.05, 0.1) is 11.4 Å². The molecule has 0 saturated heterocycles. The average molecular weight is 397 g/mol. The predicted molar refractivity (Wildman–Crippen MR) is 100 cm³/mol. The molecule has 0 spiro atoms. The molecule has 0 bridgehead atoms. The summed E-state index contributed by atoms with van der Waals surface area (Å²) in [5.41, 5.74) is 0.699. The third-order valence-corrected chi connectivity index (χ3v) is 9.71. The van der Waals surface area contributed by atoms with E-state index in [-0.39, 0.29) is 11.5 Å². The summed E-state index contributed by atoms with van der Waals surface area (Å²) in [7, 11) is 0. The monoisotopic (exact) mass is 396 g/mol. The van der Waals surface area contributed by atoms with Crippen molar-refractivity contribution < 1.29 is 9.90 Å². The summed E-state index contributed by atoms with van der Waals surface area (Å²) < 4.78 is 0. The zero-order valence-electron chi connectivity index (χ0n) is 15.3. The van der Waals surface area contributed by atoms with Crippen molar-refractivity contribution in [2.75, 3.05) is 5.33 Å². The number of carbonyl (C=O) groups is 1. The summed E-state index contributed by atoms with van der Waals surface area (Å²) in [6, 6.07) is 0. The van der Waals surface area contributed by atoms with Crippen molar-refractivity contribution in [2.45, 2.75) is 77.7 Å². The van der Waals surface area contributed by atoms with Crippen molar-refractivity contribution in [3.8, 4) is 0 Å². The van der Waals surface area contributed by atoms with Crippen LogP contribution in [0, 0.1) is 40.4 Å². The number of halogens is 1. The van der Waals surface area contributed by atoms with Gasteiger partial charge in [-0.15, -0.1) is 0 Å². The number of fused-ring (bicyclic) bond motifs is 5. The molecule has 0 aromatic rings. The van der Waals surface area contributed by atoms with E-state index in [0.29, 0.717) is 22.4 Å². The molecule has 4 saturated carbocycles. The van der Waals surface area contributed by atoms with Gasteiger partial charge in [0.15, 0.2) is 0 Å². The lowest BCUT2D eigenvalue weighted by molar-refractivity contribution is -0.138. The molecule has 3 heteroatoms. The average Bonchev–Trinajstić information content (AvgIpc) is 2.92. The van der Waals surface area contributed by atoms with Gasteiger partial charge in [-0.25, -0.2) is 0 Å². The number of aliphatic hydroxyl groups excluding tert-OH is 1. The number of aliphatic hydroxyl groups is 1. The number of carbonyl (C=O) groups excluding carboxylic acids is 1. The van der Waals surface area contributed by atoms with E-state index in [4.69, 9.17) is 0 Å². The van der Waals surface area contributed by atoms with E-state index >= 15 is 0 Å². The summed E-state index contributed by atoms with van der Waals surface area (Å²) in [5.74, 6) is 3.88. The molecule has 24 heavy (non-hydrogen) atoms. The van der Waals surface area contributed by atoms with Gasteiger partial charge in [-0.1, -0.05) is 29.8 Å². The van der Waals surface area contributed by atoms with Crippen LogP contribution < -0.4 is 0 Å². The summed E-state index contributed by atoms with van der Waals surface area (Å²) in [4.78, 5) is 12.5. The summed E-state index contributed by atoms with van der Waals surface area (Å²) >= 11 is 3.42. The van der Waals surface area contributed by atoms with E-state index in [1.165, 1.54) is 38.5 Å². The molecule has 4 fully saturated rings. The maximum Gasteiger partial charge on any atom is 0.147 e. The Balaban J connectivity index is 1.60. The van der Waals surface area contributed by atoms with Crippen LogP contribution in [0.25, 0.3) is 0 Å². The maximum absolute atomic E-state index is 12.5. The van der Waals surface area contributed by atoms with Gasteiger partial charge in [0.25, 0.3) is 0 Å². The fourth-order valence-electron chi connectivity index (χ4n) is 7.86. The molecule has 8 atom stereocenters. The van der Waals surface area contributed by atoms with Gasteiger partial charge in [0, 0.05) is 5.92 Å². The standard InChI is InChI=1S/C21H33BrO2/c1-20-9-7-14(23)11-13(20)3-4-15-16-5-6-18(19(24)12-22)21(16,2)10-8-17(15)20/h13-18,23H,3-12H2,1-2H3/t13-,14-,15+,16+,17-,18-,20-,21+/m1/s1. The van der Waals surface area contributed by atoms with E-state index in [0.717, 1.165) is 42.9 Å². The SMILES string of the molecule is C[C@@]12CC[C@@H](O)C[C@H]1CC[C@@H]1[C@H]2CC[C@]2(C)[C@@H](C(=O)CBr)CC[C@@H]12. The topological polar surface area (TPSA) is 37.3 Å². The van der Waals surface area contributed by atoms with Crippen molar-refractivity contribution in [3.05, 3.63) is 0 Å². The molecule has 4 aliphatic carbocycles. The Labute approximate surface area is 155 Å². The second-order valence-electron chi connectivity index (χ2n) is 9.86. The predicted octanol–water partition coefficient (Wildman–Crippen LogP) is 4.97. The fraction of sp³-hybridized carbons (Fsp3) is 0.952. The van der Waals surface area contributed by atoms with E-state index in [2.05, 4.69) is 29.8 Å². The fourth-order valence-corrected chi connectivity index (χ4v) is 8.25. The van der Waals surface area contributed by atoms with Crippen LogP contribution in [0.15, 0.2) is 0 Å². The summed E-state index contributed by atoms with van der Waals surface area (Å²) in [6.45, 7) is 4.98. The van der Waals surface area contributed by atoms with Crippen molar-refractivity contribution in [3.63, 3.8) is 0 Å². The highest BCUT2D eigenvalue weighted by molar-refractivity contribution is 9.09. The lowest BCUT2D eigenvalue weighted by Crippen LogP contribution is -2.54. The molecule has 0 aliphatic heterocycles. The Hall–Kier alpha value is 0.110. The van der Waals surface area contributed by atoms with Gasteiger partial charge in [-0.05, 0) is 92.3 Å². The Kier molecular flexibility index (Phi) is 4.44. The van der Waals surface area contributed by atoms with Crippen molar-refractivity contribution in [1.29, 1.82) is 0 Å². The molecule has 136 valence electrons. The minimum atomic E-state index is -0.0547. The Bertz CT molecular complexity index is 520. The highest BCUT2D eigenvalue weighted by Gasteiger charge is 2.60. The minimum Gasteiger partial charge on any atom is -0.393 e.